The molecule has 1 aliphatic heterocycles. The van der Waals surface area contributed by atoms with Crippen molar-refractivity contribution < 1.29 is 18.7 Å². The Kier molecular flexibility index (Phi) is 7.25. The van der Waals surface area contributed by atoms with Gasteiger partial charge >= 0.3 is 5.97 Å². The van der Waals surface area contributed by atoms with E-state index in [0.29, 0.717) is 48.1 Å². The molecule has 1 amide bonds. The summed E-state index contributed by atoms with van der Waals surface area (Å²) in [4.78, 5) is 45.6. The third kappa shape index (κ3) is 5.47. The molecule has 3 rings (SSSR count). The van der Waals surface area contributed by atoms with Gasteiger partial charge in [-0.3, -0.25) is 14.4 Å². The van der Waals surface area contributed by atoms with Gasteiger partial charge in [0.1, 0.15) is 5.82 Å². The average Bonchev–Trinajstić information content (AvgIpc) is 2.75. The first-order valence-electron chi connectivity index (χ1n) is 9.70. The number of nitrogens with zero attached hydrogens (tertiary/aromatic N) is 2. The van der Waals surface area contributed by atoms with Gasteiger partial charge in [0.2, 0.25) is 5.91 Å². The zero-order valence-corrected chi connectivity index (χ0v) is 17.8. The minimum Gasteiger partial charge on any atom is -0.469 e. The predicted octanol–water partition coefficient (Wildman–Crippen LogP) is 2.46. The number of benzene rings is 1. The van der Waals surface area contributed by atoms with Crippen LogP contribution in [0, 0.1) is 18.7 Å². The van der Waals surface area contributed by atoms with E-state index < -0.39 is 0 Å². The lowest BCUT2D eigenvalue weighted by atomic mass is 9.96. The molecule has 0 radical (unpaired) electrons. The summed E-state index contributed by atoms with van der Waals surface area (Å²) in [7, 11) is 1.36. The van der Waals surface area contributed by atoms with E-state index in [2.05, 4.69) is 9.97 Å². The highest BCUT2D eigenvalue weighted by molar-refractivity contribution is 7.98. The number of rotatable bonds is 6. The molecule has 0 spiro atoms. The number of carbonyl (C=O) groups excluding carboxylic acids is 2. The molecule has 1 aromatic heterocycles. The van der Waals surface area contributed by atoms with Crippen LogP contribution in [0.15, 0.2) is 34.2 Å². The van der Waals surface area contributed by atoms with Gasteiger partial charge < -0.3 is 14.6 Å². The van der Waals surface area contributed by atoms with Gasteiger partial charge in [0.25, 0.3) is 5.56 Å². The molecule has 9 heteroatoms. The number of hydrogen-bond donors (Lipinski definition) is 1. The molecular weight excluding hydrogens is 409 g/mol. The second-order valence-electron chi connectivity index (χ2n) is 7.21. The number of likely N-dealkylation sites (tertiary alicyclic amines) is 1. The topological polar surface area (TPSA) is 92.4 Å². The van der Waals surface area contributed by atoms with E-state index in [9.17, 15) is 18.8 Å². The number of hydrogen-bond acceptors (Lipinski definition) is 6. The third-order valence-electron chi connectivity index (χ3n) is 5.20. The molecule has 1 aromatic carbocycles. The second-order valence-corrected chi connectivity index (χ2v) is 8.17. The van der Waals surface area contributed by atoms with Crippen LogP contribution in [-0.4, -0.2) is 46.9 Å². The van der Waals surface area contributed by atoms with E-state index in [0.717, 1.165) is 5.56 Å². The molecule has 1 aliphatic rings. The summed E-state index contributed by atoms with van der Waals surface area (Å²) in [5.74, 6) is -0.332. The monoisotopic (exact) mass is 433 g/mol. The highest BCUT2D eigenvalue weighted by Crippen LogP contribution is 2.21. The number of aromatic amines is 1. The van der Waals surface area contributed by atoms with Crippen molar-refractivity contribution in [3.63, 3.8) is 0 Å². The smallest absolute Gasteiger partial charge is 0.308 e. The number of carbonyl (C=O) groups is 2. The maximum Gasteiger partial charge on any atom is 0.308 e. The van der Waals surface area contributed by atoms with Gasteiger partial charge in [-0.2, -0.15) is 0 Å². The summed E-state index contributed by atoms with van der Waals surface area (Å²) in [5, 5.41) is 0.455. The number of H-pyrrole nitrogens is 1. The van der Waals surface area contributed by atoms with Crippen LogP contribution in [-0.2, 0) is 26.5 Å². The zero-order chi connectivity index (χ0) is 21.7. The van der Waals surface area contributed by atoms with Crippen LogP contribution in [0.3, 0.4) is 0 Å². The summed E-state index contributed by atoms with van der Waals surface area (Å²) in [6.45, 7) is 2.65. The molecule has 1 N–H and O–H groups in total. The van der Waals surface area contributed by atoms with Gasteiger partial charge in [0.05, 0.1) is 19.4 Å². The van der Waals surface area contributed by atoms with Gasteiger partial charge in [-0.1, -0.05) is 23.9 Å². The average molecular weight is 434 g/mol. The van der Waals surface area contributed by atoms with Crippen molar-refractivity contribution in [3.05, 3.63) is 57.3 Å². The number of methoxy groups -OCH3 is 1. The number of nitrogens with one attached hydrogen (secondary N) is 1. The number of thioether (sulfide) groups is 1. The summed E-state index contributed by atoms with van der Waals surface area (Å²) in [6, 6.07) is 6.15. The number of piperidine rings is 1. The maximum atomic E-state index is 13.0. The van der Waals surface area contributed by atoms with Crippen molar-refractivity contribution in [1.82, 2.24) is 14.9 Å². The van der Waals surface area contributed by atoms with Crippen molar-refractivity contribution in [3.8, 4) is 0 Å². The Morgan fingerprint density at radius 2 is 1.93 bits per heavy atom. The molecule has 30 heavy (non-hydrogen) atoms. The fourth-order valence-electron chi connectivity index (χ4n) is 3.39. The Morgan fingerprint density at radius 3 is 2.53 bits per heavy atom. The number of ether oxygens (including phenoxy) is 1. The van der Waals surface area contributed by atoms with E-state index in [-0.39, 0.29) is 35.6 Å². The van der Waals surface area contributed by atoms with Crippen LogP contribution in [0.5, 0.6) is 0 Å². The molecule has 1 fully saturated rings. The fourth-order valence-corrected chi connectivity index (χ4v) is 4.25. The van der Waals surface area contributed by atoms with Crippen molar-refractivity contribution in [1.29, 1.82) is 0 Å². The van der Waals surface area contributed by atoms with Crippen LogP contribution in [0.4, 0.5) is 4.39 Å². The Hall–Kier alpha value is -2.68. The van der Waals surface area contributed by atoms with Gasteiger partial charge in [-0.15, -0.1) is 0 Å². The Labute approximate surface area is 178 Å². The van der Waals surface area contributed by atoms with Crippen molar-refractivity contribution in [2.45, 2.75) is 37.1 Å². The van der Waals surface area contributed by atoms with Crippen LogP contribution in [0.25, 0.3) is 0 Å². The van der Waals surface area contributed by atoms with Crippen molar-refractivity contribution in [2.75, 3.05) is 20.2 Å². The molecule has 0 bridgehead atoms. The first-order valence-corrected chi connectivity index (χ1v) is 10.7. The van der Waals surface area contributed by atoms with Gasteiger partial charge in [-0.25, -0.2) is 9.37 Å². The Balaban J connectivity index is 1.60. The summed E-state index contributed by atoms with van der Waals surface area (Å²) >= 11 is 1.34. The van der Waals surface area contributed by atoms with Crippen LogP contribution < -0.4 is 5.56 Å². The van der Waals surface area contributed by atoms with E-state index in [1.807, 2.05) is 0 Å². The lowest BCUT2D eigenvalue weighted by Crippen LogP contribution is -2.42. The number of aromatic nitrogens is 2. The number of halogens is 1. The minimum atomic E-state index is -0.332. The lowest BCUT2D eigenvalue weighted by Gasteiger charge is -2.30. The van der Waals surface area contributed by atoms with Crippen molar-refractivity contribution in [2.24, 2.45) is 5.92 Å². The lowest BCUT2D eigenvalue weighted by molar-refractivity contribution is -0.148. The second kappa shape index (κ2) is 9.88. The summed E-state index contributed by atoms with van der Waals surface area (Å²) in [5.41, 5.74) is 1.44. The summed E-state index contributed by atoms with van der Waals surface area (Å²) in [6.07, 6.45) is 1.09. The normalized spacial score (nSPS) is 14.6. The van der Waals surface area contributed by atoms with Gasteiger partial charge in [0, 0.05) is 30.1 Å². The fraction of sp³-hybridized carbons (Fsp3) is 0.429. The highest BCUT2D eigenvalue weighted by Gasteiger charge is 2.28. The molecule has 0 atom stereocenters. The largest absolute Gasteiger partial charge is 0.469 e. The highest BCUT2D eigenvalue weighted by atomic mass is 32.2. The molecule has 1 saturated heterocycles. The SMILES string of the molecule is COC(=O)C1CCN(C(=O)Cc2c(C)nc(SCc3ccc(F)cc3)[nH]c2=O)CC1. The number of esters is 1. The molecule has 0 saturated carbocycles. The molecule has 2 aromatic rings. The third-order valence-corrected chi connectivity index (χ3v) is 6.14. The van der Waals surface area contributed by atoms with Crippen molar-refractivity contribution >= 4 is 23.6 Å². The Morgan fingerprint density at radius 1 is 1.27 bits per heavy atom. The first kappa shape index (κ1) is 22.0. The van der Waals surface area contributed by atoms with E-state index in [1.165, 1.54) is 31.0 Å². The molecule has 2 heterocycles. The zero-order valence-electron chi connectivity index (χ0n) is 16.9. The number of aryl methyl sites for hydroxylation is 1. The van der Waals surface area contributed by atoms with E-state index in [1.54, 1.807) is 24.0 Å². The van der Waals surface area contributed by atoms with E-state index in [4.69, 9.17) is 4.74 Å². The molecule has 7 nitrogen and oxygen atoms in total. The quantitative estimate of drug-likeness (QED) is 0.427. The minimum absolute atomic E-state index is 0.0278. The van der Waals surface area contributed by atoms with Gasteiger partial charge in [0.15, 0.2) is 5.16 Å². The standard InChI is InChI=1S/C21H24FN3O4S/c1-13-17(11-18(26)25-9-7-15(8-10-25)20(28)29-2)19(27)24-21(23-13)30-12-14-3-5-16(22)6-4-14/h3-6,15H,7-12H2,1-2H3,(H,23,24,27). The molecular formula is C21H24FN3O4S. The first-order chi connectivity index (χ1) is 14.4. The van der Waals surface area contributed by atoms with Crippen LogP contribution in [0.1, 0.15) is 29.7 Å². The molecule has 0 unspecified atom stereocenters. The number of amides is 1. The molecule has 160 valence electrons. The van der Waals surface area contributed by atoms with Crippen LogP contribution >= 0.6 is 11.8 Å². The predicted molar refractivity (Wildman–Crippen MR) is 111 cm³/mol. The van der Waals surface area contributed by atoms with Gasteiger partial charge in [-0.05, 0) is 37.5 Å². The molecule has 0 aliphatic carbocycles. The maximum absolute atomic E-state index is 13.0. The van der Waals surface area contributed by atoms with E-state index >= 15 is 0 Å². The van der Waals surface area contributed by atoms with Crippen LogP contribution in [0.2, 0.25) is 0 Å². The Bertz CT molecular complexity index is 969. The summed E-state index contributed by atoms with van der Waals surface area (Å²) < 4.78 is 17.8.